The Bertz CT molecular complexity index is 322. The molecule has 0 aromatic carbocycles. The van der Waals surface area contributed by atoms with Crippen LogP contribution in [0.1, 0.15) is 18.5 Å². The van der Waals surface area contributed by atoms with Crippen molar-refractivity contribution in [3.63, 3.8) is 0 Å². The Labute approximate surface area is 90.3 Å². The number of rotatable bonds is 4. The molecule has 1 aromatic rings. The molecule has 0 aliphatic heterocycles. The van der Waals surface area contributed by atoms with E-state index in [1.165, 1.54) is 0 Å². The molecule has 14 heavy (non-hydrogen) atoms. The summed E-state index contributed by atoms with van der Waals surface area (Å²) < 4.78 is 1.79. The number of pyridine rings is 1. The van der Waals surface area contributed by atoms with E-state index in [0.717, 1.165) is 25.1 Å². The average molecular weight is 217 g/mol. The summed E-state index contributed by atoms with van der Waals surface area (Å²) in [5, 5.41) is 0. The highest BCUT2D eigenvalue weighted by Gasteiger charge is 1.97. The first kappa shape index (κ1) is 13.2. The van der Waals surface area contributed by atoms with E-state index in [-0.39, 0.29) is 18.0 Å². The van der Waals surface area contributed by atoms with Crippen molar-refractivity contribution < 1.29 is 0 Å². The lowest BCUT2D eigenvalue weighted by molar-refractivity contribution is 0.586. The molecule has 0 amide bonds. The summed E-state index contributed by atoms with van der Waals surface area (Å²) in [6.07, 6.45) is 1.95. The lowest BCUT2D eigenvalue weighted by atomic mass is 10.3. The zero-order chi connectivity index (χ0) is 9.68. The lowest BCUT2D eigenvalue weighted by Crippen LogP contribution is -2.21. The van der Waals surface area contributed by atoms with Gasteiger partial charge in [0.2, 0.25) is 0 Å². The van der Waals surface area contributed by atoms with Crippen LogP contribution in [0.5, 0.6) is 0 Å². The number of unbranched alkanes of at least 4 members (excludes halogenated alkanes) is 1. The van der Waals surface area contributed by atoms with Gasteiger partial charge >= 0.3 is 0 Å². The second-order valence-corrected chi connectivity index (χ2v) is 3.15. The van der Waals surface area contributed by atoms with Gasteiger partial charge in [-0.3, -0.25) is 4.79 Å². The number of hydrogen-bond acceptors (Lipinski definition) is 2. The predicted molar refractivity (Wildman–Crippen MR) is 61.0 cm³/mol. The molecule has 0 bridgehead atoms. The van der Waals surface area contributed by atoms with Crippen molar-refractivity contribution in [3.05, 3.63) is 34.2 Å². The van der Waals surface area contributed by atoms with Crippen LogP contribution in [0.2, 0.25) is 0 Å². The molecule has 1 aromatic heterocycles. The lowest BCUT2D eigenvalue weighted by Gasteiger charge is -2.07. The van der Waals surface area contributed by atoms with E-state index in [9.17, 15) is 4.79 Å². The fraction of sp³-hybridized carbons (Fsp3) is 0.500. The van der Waals surface area contributed by atoms with E-state index >= 15 is 0 Å². The van der Waals surface area contributed by atoms with Crippen LogP contribution in [0.15, 0.2) is 23.0 Å². The maximum Gasteiger partial charge on any atom is 0.250 e. The van der Waals surface area contributed by atoms with E-state index < -0.39 is 0 Å². The van der Waals surface area contributed by atoms with Gasteiger partial charge in [-0.15, -0.1) is 12.4 Å². The third kappa shape index (κ3) is 3.52. The van der Waals surface area contributed by atoms with Crippen LogP contribution in [0.25, 0.3) is 0 Å². The van der Waals surface area contributed by atoms with Crippen LogP contribution in [0.4, 0.5) is 0 Å². The molecule has 1 heterocycles. The summed E-state index contributed by atoms with van der Waals surface area (Å²) in [7, 11) is 0. The summed E-state index contributed by atoms with van der Waals surface area (Å²) >= 11 is 0. The van der Waals surface area contributed by atoms with Crippen molar-refractivity contribution in [1.29, 1.82) is 0 Å². The summed E-state index contributed by atoms with van der Waals surface area (Å²) in [5.41, 5.74) is 6.48. The molecule has 0 fully saturated rings. The van der Waals surface area contributed by atoms with Gasteiger partial charge in [0, 0.05) is 18.3 Å². The van der Waals surface area contributed by atoms with Crippen LogP contribution in [-0.2, 0) is 6.54 Å². The number of nitrogens with zero attached hydrogens (tertiary/aromatic N) is 1. The molecular formula is C10H17ClN2O. The second kappa shape index (κ2) is 6.62. The van der Waals surface area contributed by atoms with Crippen LogP contribution >= 0.6 is 12.4 Å². The smallest absolute Gasteiger partial charge is 0.250 e. The van der Waals surface area contributed by atoms with E-state index in [0.29, 0.717) is 6.54 Å². The number of halogens is 1. The number of aromatic nitrogens is 1. The molecule has 0 aliphatic carbocycles. The molecule has 0 spiro atoms. The summed E-state index contributed by atoms with van der Waals surface area (Å²) in [6, 6.07) is 5.33. The Morgan fingerprint density at radius 1 is 1.36 bits per heavy atom. The third-order valence-electron chi connectivity index (χ3n) is 2.10. The summed E-state index contributed by atoms with van der Waals surface area (Å²) in [4.78, 5) is 11.4. The first-order chi connectivity index (χ1) is 6.25. The van der Waals surface area contributed by atoms with Crippen molar-refractivity contribution in [2.75, 3.05) is 6.54 Å². The van der Waals surface area contributed by atoms with Crippen LogP contribution in [-0.4, -0.2) is 11.1 Å². The highest BCUT2D eigenvalue weighted by molar-refractivity contribution is 5.85. The molecule has 0 radical (unpaired) electrons. The molecule has 0 saturated carbocycles. The molecule has 0 atom stereocenters. The van der Waals surface area contributed by atoms with Crippen molar-refractivity contribution in [2.24, 2.45) is 5.73 Å². The fourth-order valence-corrected chi connectivity index (χ4v) is 1.32. The SMILES string of the molecule is Cc1cccc(=O)n1CCCCN.Cl. The van der Waals surface area contributed by atoms with Crippen LogP contribution in [0.3, 0.4) is 0 Å². The van der Waals surface area contributed by atoms with Crippen molar-refractivity contribution in [3.8, 4) is 0 Å². The summed E-state index contributed by atoms with van der Waals surface area (Å²) in [6.45, 7) is 3.42. The highest BCUT2D eigenvalue weighted by Crippen LogP contribution is 1.96. The van der Waals surface area contributed by atoms with Gasteiger partial charge in [-0.05, 0) is 32.4 Å². The van der Waals surface area contributed by atoms with Gasteiger partial charge < -0.3 is 10.3 Å². The second-order valence-electron chi connectivity index (χ2n) is 3.15. The van der Waals surface area contributed by atoms with Crippen LogP contribution in [0, 0.1) is 6.92 Å². The van der Waals surface area contributed by atoms with E-state index in [4.69, 9.17) is 5.73 Å². The first-order valence-corrected chi connectivity index (χ1v) is 4.62. The molecule has 0 aliphatic rings. The normalized spacial score (nSPS) is 9.57. The molecule has 80 valence electrons. The molecule has 0 unspecified atom stereocenters. The Hall–Kier alpha value is -0.800. The average Bonchev–Trinajstić information content (AvgIpc) is 2.10. The van der Waals surface area contributed by atoms with E-state index in [2.05, 4.69) is 0 Å². The monoisotopic (exact) mass is 216 g/mol. The van der Waals surface area contributed by atoms with Crippen LogP contribution < -0.4 is 11.3 Å². The van der Waals surface area contributed by atoms with Gasteiger partial charge in [0.1, 0.15) is 0 Å². The van der Waals surface area contributed by atoms with Gasteiger partial charge in [-0.1, -0.05) is 6.07 Å². The van der Waals surface area contributed by atoms with Gasteiger partial charge in [0.05, 0.1) is 0 Å². The maximum atomic E-state index is 11.4. The summed E-state index contributed by atoms with van der Waals surface area (Å²) in [5.74, 6) is 0. The molecule has 1 rings (SSSR count). The quantitative estimate of drug-likeness (QED) is 0.772. The van der Waals surface area contributed by atoms with Gasteiger partial charge in [-0.2, -0.15) is 0 Å². The topological polar surface area (TPSA) is 48.0 Å². The van der Waals surface area contributed by atoms with Crippen molar-refractivity contribution in [2.45, 2.75) is 26.3 Å². The highest BCUT2D eigenvalue weighted by atomic mass is 35.5. The third-order valence-corrected chi connectivity index (χ3v) is 2.10. The van der Waals surface area contributed by atoms with E-state index in [1.807, 2.05) is 13.0 Å². The zero-order valence-corrected chi connectivity index (χ0v) is 9.22. The molecular weight excluding hydrogens is 200 g/mol. The maximum absolute atomic E-state index is 11.4. The Kier molecular flexibility index (Phi) is 6.25. The standard InChI is InChI=1S/C10H16N2O.ClH/c1-9-5-4-6-10(13)12(9)8-3-2-7-11;/h4-6H,2-3,7-8,11H2,1H3;1H. The molecule has 4 heteroatoms. The van der Waals surface area contributed by atoms with Crippen molar-refractivity contribution in [1.82, 2.24) is 4.57 Å². The number of aryl methyl sites for hydroxylation is 1. The Morgan fingerprint density at radius 2 is 2.07 bits per heavy atom. The largest absolute Gasteiger partial charge is 0.330 e. The van der Waals surface area contributed by atoms with Gasteiger partial charge in [-0.25, -0.2) is 0 Å². The van der Waals surface area contributed by atoms with E-state index in [1.54, 1.807) is 16.7 Å². The van der Waals surface area contributed by atoms with Gasteiger partial charge in [0.15, 0.2) is 0 Å². The molecule has 2 N–H and O–H groups in total. The minimum absolute atomic E-state index is 0. The number of nitrogens with two attached hydrogens (primary N) is 1. The van der Waals surface area contributed by atoms with Crippen molar-refractivity contribution >= 4 is 12.4 Å². The Balaban J connectivity index is 0.00000169. The molecule has 0 saturated heterocycles. The van der Waals surface area contributed by atoms with Gasteiger partial charge in [0.25, 0.3) is 5.56 Å². The number of hydrogen-bond donors (Lipinski definition) is 1. The minimum atomic E-state index is 0. The molecule has 3 nitrogen and oxygen atoms in total. The minimum Gasteiger partial charge on any atom is -0.330 e. The predicted octanol–water partition coefficient (Wildman–Crippen LogP) is 1.32. The first-order valence-electron chi connectivity index (χ1n) is 4.62. The zero-order valence-electron chi connectivity index (χ0n) is 8.40. The fourth-order valence-electron chi connectivity index (χ4n) is 1.32. The Morgan fingerprint density at radius 3 is 2.64 bits per heavy atom.